The first-order valence-corrected chi connectivity index (χ1v) is 16.3. The molecule has 43 heavy (non-hydrogen) atoms. The van der Waals surface area contributed by atoms with Crippen LogP contribution >= 0.6 is 11.8 Å². The van der Waals surface area contributed by atoms with Crippen LogP contribution in [0.4, 0.5) is 4.79 Å². The van der Waals surface area contributed by atoms with Crippen LogP contribution < -0.4 is 26.6 Å². The fourth-order valence-electron chi connectivity index (χ4n) is 4.44. The summed E-state index contributed by atoms with van der Waals surface area (Å²) >= 11 is 1.45. The predicted molar refractivity (Wildman–Crippen MR) is 167 cm³/mol. The Kier molecular flexibility index (Phi) is 19.2. The SMILES string of the molecule is CSCC[C@H](NC(=O)[C@@H](NC(=O)O)[C@H](C)O)C(=O)N[C@@H](CC(C)C)[C@@H](O)C[C@@H](C)C(=O)N[C@@H](CC(C)C)C(=O)NC(C)C. The number of aliphatic hydroxyl groups is 2. The Hall–Kier alpha value is -2.58. The maximum atomic E-state index is 13.4. The van der Waals surface area contributed by atoms with Crippen molar-refractivity contribution in [3.05, 3.63) is 0 Å². The smallest absolute Gasteiger partial charge is 0.405 e. The van der Waals surface area contributed by atoms with E-state index < -0.39 is 66.1 Å². The van der Waals surface area contributed by atoms with E-state index in [9.17, 15) is 34.2 Å². The van der Waals surface area contributed by atoms with Crippen molar-refractivity contribution in [2.45, 2.75) is 123 Å². The lowest BCUT2D eigenvalue weighted by Gasteiger charge is -2.30. The summed E-state index contributed by atoms with van der Waals surface area (Å²) in [6, 6.07) is -4.11. The summed E-state index contributed by atoms with van der Waals surface area (Å²) in [5, 5.41) is 43.0. The summed E-state index contributed by atoms with van der Waals surface area (Å²) in [5.74, 6) is -2.05. The van der Waals surface area contributed by atoms with Gasteiger partial charge in [-0.25, -0.2) is 4.79 Å². The number of carbonyl (C=O) groups excluding carboxylic acids is 4. The lowest BCUT2D eigenvalue weighted by molar-refractivity contribution is -0.133. The van der Waals surface area contributed by atoms with Gasteiger partial charge >= 0.3 is 6.09 Å². The van der Waals surface area contributed by atoms with Crippen molar-refractivity contribution in [3.63, 3.8) is 0 Å². The van der Waals surface area contributed by atoms with Crippen LogP contribution in [0, 0.1) is 17.8 Å². The van der Waals surface area contributed by atoms with Crippen LogP contribution in [0.1, 0.15) is 81.1 Å². The number of hydrogen-bond donors (Lipinski definition) is 8. The molecule has 8 N–H and O–H groups in total. The Bertz CT molecular complexity index is 902. The van der Waals surface area contributed by atoms with Crippen LogP contribution in [-0.4, -0.2) is 99.5 Å². The number of carbonyl (C=O) groups is 5. The van der Waals surface area contributed by atoms with Crippen LogP contribution in [-0.2, 0) is 19.2 Å². The lowest BCUT2D eigenvalue weighted by atomic mass is 9.91. The number of aliphatic hydroxyl groups excluding tert-OH is 2. The molecule has 0 rings (SSSR count). The first-order valence-electron chi connectivity index (χ1n) is 14.9. The van der Waals surface area contributed by atoms with E-state index in [0.717, 1.165) is 0 Å². The minimum atomic E-state index is -1.50. The molecule has 0 aliphatic rings. The van der Waals surface area contributed by atoms with Crippen molar-refractivity contribution >= 4 is 41.5 Å². The Morgan fingerprint density at radius 3 is 1.65 bits per heavy atom. The predicted octanol–water partition coefficient (Wildman–Crippen LogP) is 1.21. The Morgan fingerprint density at radius 2 is 1.19 bits per heavy atom. The van der Waals surface area contributed by atoms with Crippen LogP contribution in [0.15, 0.2) is 0 Å². The molecule has 0 aliphatic carbocycles. The first kappa shape index (κ1) is 40.4. The molecule has 0 bridgehead atoms. The molecule has 0 aromatic heterocycles. The fraction of sp³-hybridized carbons (Fsp3) is 0.828. The van der Waals surface area contributed by atoms with Crippen LogP contribution in [0.25, 0.3) is 0 Å². The van der Waals surface area contributed by atoms with Gasteiger partial charge in [-0.1, -0.05) is 34.6 Å². The number of rotatable bonds is 20. The molecule has 0 aromatic carbocycles. The molecule has 7 atom stereocenters. The minimum Gasteiger partial charge on any atom is -0.465 e. The van der Waals surface area contributed by atoms with Crippen molar-refractivity contribution < 1.29 is 39.3 Å². The minimum absolute atomic E-state index is 0.0121. The lowest BCUT2D eigenvalue weighted by Crippen LogP contribution is -2.58. The van der Waals surface area contributed by atoms with Gasteiger partial charge in [0.15, 0.2) is 0 Å². The van der Waals surface area contributed by atoms with Gasteiger partial charge in [-0.2, -0.15) is 11.8 Å². The maximum Gasteiger partial charge on any atom is 0.405 e. The average molecular weight is 634 g/mol. The van der Waals surface area contributed by atoms with Crippen molar-refractivity contribution in [2.24, 2.45) is 17.8 Å². The Morgan fingerprint density at radius 1 is 0.651 bits per heavy atom. The van der Waals surface area contributed by atoms with Gasteiger partial charge in [-0.05, 0) is 70.3 Å². The second-order valence-corrected chi connectivity index (χ2v) is 13.3. The number of amides is 5. The highest BCUT2D eigenvalue weighted by atomic mass is 32.2. The molecule has 250 valence electrons. The van der Waals surface area contributed by atoms with E-state index >= 15 is 0 Å². The normalized spacial score (nSPS) is 16.4. The molecule has 0 unspecified atom stereocenters. The number of thioether (sulfide) groups is 1. The van der Waals surface area contributed by atoms with Gasteiger partial charge in [0.05, 0.1) is 18.2 Å². The topological polar surface area (TPSA) is 206 Å². The zero-order valence-corrected chi connectivity index (χ0v) is 27.9. The van der Waals surface area contributed by atoms with E-state index in [1.807, 2.05) is 53.1 Å². The molecule has 0 fully saturated rings. The van der Waals surface area contributed by atoms with Gasteiger partial charge in [0.1, 0.15) is 18.1 Å². The van der Waals surface area contributed by atoms with Crippen molar-refractivity contribution in [1.29, 1.82) is 0 Å². The highest BCUT2D eigenvalue weighted by Gasteiger charge is 2.33. The molecule has 0 aliphatic heterocycles. The monoisotopic (exact) mass is 633 g/mol. The summed E-state index contributed by atoms with van der Waals surface area (Å²) in [6.45, 7) is 14.3. The van der Waals surface area contributed by atoms with Gasteiger partial charge in [0.2, 0.25) is 23.6 Å². The molecule has 0 heterocycles. The third-order valence-corrected chi connectivity index (χ3v) is 7.26. The van der Waals surface area contributed by atoms with Gasteiger partial charge in [-0.3, -0.25) is 19.2 Å². The van der Waals surface area contributed by atoms with E-state index in [1.165, 1.54) is 18.7 Å². The van der Waals surface area contributed by atoms with Gasteiger partial charge in [0.25, 0.3) is 0 Å². The molecule has 0 aromatic rings. The standard InChI is InChI=1S/C29H55N5O8S/c1-15(2)12-21(23(36)14-18(7)25(37)33-22(13-16(3)4)27(39)30-17(5)6)32-26(38)20(10-11-43-9)31-28(40)24(19(8)35)34-29(41)42/h15-24,34-36H,10-14H2,1-9H3,(H,30,39)(H,31,40)(H,32,38)(H,33,37)(H,41,42)/t18-,19+,20+,21+,22+,23+,24+/m1/s1. The Labute approximate surface area is 260 Å². The second kappa shape index (κ2) is 20.4. The third kappa shape index (κ3) is 16.7. The zero-order chi connectivity index (χ0) is 33.4. The van der Waals surface area contributed by atoms with Crippen LogP contribution in [0.2, 0.25) is 0 Å². The van der Waals surface area contributed by atoms with Crippen molar-refractivity contribution in [1.82, 2.24) is 26.6 Å². The number of hydrogen-bond acceptors (Lipinski definition) is 8. The van der Waals surface area contributed by atoms with E-state index in [2.05, 4.69) is 21.3 Å². The summed E-state index contributed by atoms with van der Waals surface area (Å²) in [7, 11) is 0. The van der Waals surface area contributed by atoms with Gasteiger partial charge < -0.3 is 41.9 Å². The molecule has 0 saturated heterocycles. The van der Waals surface area contributed by atoms with E-state index in [0.29, 0.717) is 18.6 Å². The highest BCUT2D eigenvalue weighted by Crippen LogP contribution is 2.17. The fourth-order valence-corrected chi connectivity index (χ4v) is 4.91. The van der Waals surface area contributed by atoms with E-state index in [-0.39, 0.29) is 36.6 Å². The summed E-state index contributed by atoms with van der Waals surface area (Å²) < 4.78 is 0. The summed E-state index contributed by atoms with van der Waals surface area (Å²) in [6.07, 6.45) is -1.07. The average Bonchev–Trinajstić information content (AvgIpc) is 2.87. The molecule has 0 saturated carbocycles. The number of carboxylic acid groups (broad SMARTS) is 1. The number of nitrogens with one attached hydrogen (secondary N) is 5. The molecule has 0 radical (unpaired) electrons. The molecular weight excluding hydrogens is 578 g/mol. The van der Waals surface area contributed by atoms with Gasteiger partial charge in [0, 0.05) is 12.0 Å². The van der Waals surface area contributed by atoms with Crippen LogP contribution in [0.5, 0.6) is 0 Å². The molecule has 0 spiro atoms. The van der Waals surface area contributed by atoms with Crippen molar-refractivity contribution in [3.8, 4) is 0 Å². The van der Waals surface area contributed by atoms with Crippen molar-refractivity contribution in [2.75, 3.05) is 12.0 Å². The maximum absolute atomic E-state index is 13.4. The molecule has 5 amide bonds. The Balaban J connectivity index is 5.69. The van der Waals surface area contributed by atoms with Gasteiger partial charge in [-0.15, -0.1) is 0 Å². The second-order valence-electron chi connectivity index (χ2n) is 12.3. The molecule has 13 nitrogen and oxygen atoms in total. The van der Waals surface area contributed by atoms with Crippen LogP contribution in [0.3, 0.4) is 0 Å². The third-order valence-electron chi connectivity index (χ3n) is 6.62. The largest absolute Gasteiger partial charge is 0.465 e. The molecule has 14 heteroatoms. The first-order chi connectivity index (χ1) is 19.9. The quantitative estimate of drug-likeness (QED) is 0.0968. The van der Waals surface area contributed by atoms with E-state index in [4.69, 9.17) is 5.11 Å². The molecular formula is C29H55N5O8S. The van der Waals surface area contributed by atoms with E-state index in [1.54, 1.807) is 6.92 Å². The summed E-state index contributed by atoms with van der Waals surface area (Å²) in [4.78, 5) is 62.9. The highest BCUT2D eigenvalue weighted by molar-refractivity contribution is 7.98. The summed E-state index contributed by atoms with van der Waals surface area (Å²) in [5.41, 5.74) is 0. The zero-order valence-electron chi connectivity index (χ0n) is 27.1.